The van der Waals surface area contributed by atoms with Crippen molar-refractivity contribution >= 4 is 47.4 Å². The van der Waals surface area contributed by atoms with Crippen molar-refractivity contribution in [3.8, 4) is 0 Å². The first kappa shape index (κ1) is 39.3. The molecule has 0 saturated carbocycles. The molecule has 48 heavy (non-hydrogen) atoms. The van der Waals surface area contributed by atoms with Crippen LogP contribution in [0.15, 0.2) is 42.5 Å². The Kier molecular flexibility index (Phi) is 15.6. The molecule has 17 nitrogen and oxygen atoms in total. The van der Waals surface area contributed by atoms with Gasteiger partial charge in [-0.3, -0.25) is 38.9 Å². The van der Waals surface area contributed by atoms with Crippen molar-refractivity contribution in [2.45, 2.75) is 81.5 Å². The smallest absolute Gasteiger partial charge is 0.258 e. The third-order valence-corrected chi connectivity index (χ3v) is 7.51. The first-order valence-electron chi connectivity index (χ1n) is 15.3. The van der Waals surface area contributed by atoms with Crippen LogP contribution in [0.1, 0.15) is 38.2 Å². The van der Waals surface area contributed by atoms with Crippen LogP contribution in [-0.4, -0.2) is 113 Å². The number of Topliss-reactive ketones (excluding diaryl/α,β-unsaturated/α-hetero) is 2. The van der Waals surface area contributed by atoms with Gasteiger partial charge in [-0.2, -0.15) is 0 Å². The van der Waals surface area contributed by atoms with E-state index in [0.717, 1.165) is 4.90 Å². The summed E-state index contributed by atoms with van der Waals surface area (Å²) in [6, 6.07) is 0.424. The lowest BCUT2D eigenvalue weighted by atomic mass is 9.95. The predicted octanol–water partition coefficient (Wildman–Crippen LogP) is -3.95. The molecular weight excluding hydrogens is 628 g/mol. The van der Waals surface area contributed by atoms with E-state index in [-0.39, 0.29) is 32.1 Å². The van der Waals surface area contributed by atoms with Gasteiger partial charge in [0.05, 0.1) is 24.2 Å². The monoisotopic (exact) mass is 672 g/mol. The molecule has 0 unspecified atom stereocenters. The van der Waals surface area contributed by atoms with Gasteiger partial charge in [0, 0.05) is 26.4 Å². The van der Waals surface area contributed by atoms with Crippen LogP contribution in [0.25, 0.3) is 0 Å². The van der Waals surface area contributed by atoms with Crippen LogP contribution in [0.3, 0.4) is 0 Å². The van der Waals surface area contributed by atoms with Crippen molar-refractivity contribution in [3.05, 3.63) is 48.0 Å². The summed E-state index contributed by atoms with van der Waals surface area (Å²) in [5.74, 6) is -6.82. The van der Waals surface area contributed by atoms with Crippen molar-refractivity contribution in [2.24, 2.45) is 17.2 Å². The third kappa shape index (κ3) is 11.4. The summed E-state index contributed by atoms with van der Waals surface area (Å²) in [4.78, 5) is 105. The summed E-state index contributed by atoms with van der Waals surface area (Å²) in [7, 11) is 1.23. The molecule has 1 aromatic carbocycles. The number of aliphatic hydroxyl groups excluding tert-OH is 1. The molecule has 7 atom stereocenters. The number of carbonyl (C=O) groups excluding carboxylic acids is 8. The first-order valence-corrected chi connectivity index (χ1v) is 15.3. The molecule has 0 spiro atoms. The van der Waals surface area contributed by atoms with Crippen LogP contribution < -0.4 is 38.5 Å². The number of hydrogen-bond acceptors (Lipinski definition) is 12. The maximum absolute atomic E-state index is 14.3. The maximum Gasteiger partial charge on any atom is 0.258 e. The van der Waals surface area contributed by atoms with E-state index in [0.29, 0.717) is 11.8 Å². The first-order chi connectivity index (χ1) is 22.7. The minimum absolute atomic E-state index is 0.00577. The molecule has 0 bridgehead atoms. The van der Waals surface area contributed by atoms with Crippen LogP contribution in [0.2, 0.25) is 0 Å². The second-order valence-electron chi connectivity index (χ2n) is 11.2. The number of rotatable bonds is 15. The van der Waals surface area contributed by atoms with E-state index >= 15 is 0 Å². The number of hydrogen-bond donors (Lipinski definition) is 8. The molecule has 1 heterocycles. The molecule has 0 saturated heterocycles. The van der Waals surface area contributed by atoms with E-state index in [2.05, 4.69) is 21.3 Å². The topological polar surface area (TPSA) is 286 Å². The van der Waals surface area contributed by atoms with Gasteiger partial charge in [0.15, 0.2) is 29.8 Å². The molecule has 11 N–H and O–H groups in total. The van der Waals surface area contributed by atoms with Crippen LogP contribution in [0, 0.1) is 0 Å². The largest absolute Gasteiger partial charge is 0.391 e. The molecule has 0 fully saturated rings. The Labute approximate surface area is 277 Å². The van der Waals surface area contributed by atoms with Gasteiger partial charge in [-0.1, -0.05) is 42.5 Å². The number of aliphatic hydroxyl groups is 1. The summed E-state index contributed by atoms with van der Waals surface area (Å²) in [5, 5.41) is 19.6. The van der Waals surface area contributed by atoms with Crippen molar-refractivity contribution < 1.29 is 43.5 Å². The molecule has 2 rings (SSSR count). The predicted molar refractivity (Wildman–Crippen MR) is 171 cm³/mol. The summed E-state index contributed by atoms with van der Waals surface area (Å²) >= 11 is 0. The molecule has 5 amide bonds. The Morgan fingerprint density at radius 2 is 1.75 bits per heavy atom. The number of nitrogens with one attached hydrogen (secondary N) is 4. The average Bonchev–Trinajstić information content (AvgIpc) is 3.06. The number of allylic oxidation sites excluding steroid dienone is 1. The number of primary amides is 1. The van der Waals surface area contributed by atoms with E-state index in [4.69, 9.17) is 17.2 Å². The van der Waals surface area contributed by atoms with Crippen molar-refractivity contribution in [2.75, 3.05) is 13.6 Å². The highest BCUT2D eigenvalue weighted by Crippen LogP contribution is 2.14. The Morgan fingerprint density at radius 1 is 1.08 bits per heavy atom. The van der Waals surface area contributed by atoms with Crippen LogP contribution in [0.4, 0.5) is 0 Å². The highest BCUT2D eigenvalue weighted by Gasteiger charge is 2.44. The molecule has 0 aromatic heterocycles. The normalized spacial score (nSPS) is 20.7. The molecule has 0 aliphatic carbocycles. The summed E-state index contributed by atoms with van der Waals surface area (Å²) < 4.78 is 0. The van der Waals surface area contributed by atoms with Crippen LogP contribution >= 0.6 is 0 Å². The fourth-order valence-electron chi connectivity index (χ4n) is 4.77. The minimum Gasteiger partial charge on any atom is -0.391 e. The zero-order chi connectivity index (χ0) is 36.0. The number of benzene rings is 1. The Morgan fingerprint density at radius 3 is 2.33 bits per heavy atom. The lowest BCUT2D eigenvalue weighted by Crippen LogP contribution is -2.67. The van der Waals surface area contributed by atoms with Gasteiger partial charge in [0.25, 0.3) is 11.8 Å². The number of carbonyl (C=O) groups is 8. The number of amides is 5. The van der Waals surface area contributed by atoms with Gasteiger partial charge in [0.1, 0.15) is 6.29 Å². The molecule has 17 heteroatoms. The molecule has 1 aliphatic rings. The van der Waals surface area contributed by atoms with Gasteiger partial charge in [-0.05, 0) is 31.7 Å². The highest BCUT2D eigenvalue weighted by atomic mass is 16.3. The molecule has 1 aromatic rings. The second kappa shape index (κ2) is 19.1. The molecule has 262 valence electrons. The molecule has 0 radical (unpaired) electrons. The van der Waals surface area contributed by atoms with E-state index in [9.17, 15) is 43.5 Å². The number of nitrogens with two attached hydrogens (primary N) is 3. The number of ketones is 2. The SMILES string of the molecule is CNC(=O)[C@H](C(=O)[C@@H](N)Cc1ccccc1)N1CC=CCCC(=O)N[C@@H](N[C@@H](C=O)CCC(N)=O)C(=O)N[C@@H](C(=O)[C@@H](N)[C@H](C)O)C1=O. The van der Waals surface area contributed by atoms with Gasteiger partial charge in [-0.15, -0.1) is 0 Å². The van der Waals surface area contributed by atoms with Crippen LogP contribution in [0.5, 0.6) is 0 Å². The van der Waals surface area contributed by atoms with Crippen molar-refractivity contribution in [1.82, 2.24) is 26.2 Å². The van der Waals surface area contributed by atoms with Crippen molar-refractivity contribution in [1.29, 1.82) is 0 Å². The Balaban J connectivity index is 2.62. The third-order valence-electron chi connectivity index (χ3n) is 7.51. The van der Waals surface area contributed by atoms with Crippen LogP contribution in [-0.2, 0) is 44.8 Å². The highest BCUT2D eigenvalue weighted by molar-refractivity contribution is 6.15. The lowest BCUT2D eigenvalue weighted by molar-refractivity contribution is -0.151. The van der Waals surface area contributed by atoms with Gasteiger partial charge in [0.2, 0.25) is 17.7 Å². The molecule has 1 aliphatic heterocycles. The lowest BCUT2D eigenvalue weighted by Gasteiger charge is -2.34. The van der Waals surface area contributed by atoms with Crippen molar-refractivity contribution in [3.63, 3.8) is 0 Å². The quantitative estimate of drug-likeness (QED) is 0.0503. The second-order valence-corrected chi connectivity index (χ2v) is 11.2. The number of likely N-dealkylation sites (N-methyl/N-ethyl adjacent to an activating group) is 1. The van der Waals surface area contributed by atoms with E-state index in [1.807, 2.05) is 0 Å². The van der Waals surface area contributed by atoms with Gasteiger partial charge >= 0.3 is 0 Å². The van der Waals surface area contributed by atoms with E-state index < -0.39 is 90.1 Å². The Hall–Kier alpha value is -4.84. The standard InChI is InChI=1S/C31H44N8O9/c1-17(41)23(34)27(45)24-31(48)39(25(29(46)35-2)26(44)20(32)15-18-9-5-3-6-10-18)14-8-4-7-11-22(43)37-28(30(47)38-24)36-19(16-40)12-13-21(33)42/h3-6,8-10,16-17,19-20,23-25,28,36,41H,7,11-15,32,34H2,1-2H3,(H2,33,42)(H,35,46)(H,37,43)(H,38,47)/t17-,19+,20-,23-,24-,25-,28+/m0/s1. The fraction of sp³-hybridized carbons (Fsp3) is 0.484. The fourth-order valence-corrected chi connectivity index (χ4v) is 4.77. The minimum atomic E-state index is -2.19. The Bertz CT molecular complexity index is 1370. The summed E-state index contributed by atoms with van der Waals surface area (Å²) in [5.41, 5.74) is 18.0. The number of nitrogens with zero attached hydrogens (tertiary/aromatic N) is 1. The van der Waals surface area contributed by atoms with E-state index in [1.54, 1.807) is 30.3 Å². The van der Waals surface area contributed by atoms with Gasteiger partial charge in [-0.25, -0.2) is 0 Å². The summed E-state index contributed by atoms with van der Waals surface area (Å²) in [6.07, 6.45) is -0.433. The number of aldehydes is 1. The van der Waals surface area contributed by atoms with E-state index in [1.165, 1.54) is 26.1 Å². The zero-order valence-electron chi connectivity index (χ0n) is 26.8. The average molecular weight is 673 g/mol. The zero-order valence-corrected chi connectivity index (χ0v) is 26.8. The summed E-state index contributed by atoms with van der Waals surface area (Å²) in [6.45, 7) is 0.736. The van der Waals surface area contributed by atoms with Gasteiger partial charge < -0.3 is 48.0 Å². The molecular formula is C31H44N8O9. The maximum atomic E-state index is 14.3.